The van der Waals surface area contributed by atoms with Crippen LogP contribution in [-0.2, 0) is 20.8 Å². The molecule has 2 aromatic rings. The van der Waals surface area contributed by atoms with E-state index in [0.29, 0.717) is 27.6 Å². The van der Waals surface area contributed by atoms with Crippen molar-refractivity contribution in [1.29, 1.82) is 0 Å². The maximum atomic E-state index is 9.72. The van der Waals surface area contributed by atoms with Crippen LogP contribution in [-0.4, -0.2) is 62.6 Å². The first kappa shape index (κ1) is 21.8. The van der Waals surface area contributed by atoms with Crippen LogP contribution in [0.3, 0.4) is 0 Å². The van der Waals surface area contributed by atoms with E-state index in [-0.39, 0.29) is 12.6 Å². The lowest BCUT2D eigenvalue weighted by Gasteiger charge is -2.16. The van der Waals surface area contributed by atoms with E-state index in [4.69, 9.17) is 27.9 Å². The molecule has 3 rings (SSSR count). The first-order valence-corrected chi connectivity index (χ1v) is 8.84. The summed E-state index contributed by atoms with van der Waals surface area (Å²) in [4.78, 5) is 16.2. The second-order valence-corrected chi connectivity index (χ2v) is 6.64. The number of fused-ring (bicyclic) bond motifs is 3. The van der Waals surface area contributed by atoms with E-state index < -0.39 is 6.29 Å². The summed E-state index contributed by atoms with van der Waals surface area (Å²) >= 11 is 12.4. The number of halogens is 2. The minimum Gasteiger partial charge on any atom is -0.495 e. The minimum absolute atomic E-state index is 0.0256. The smallest absolute Gasteiger partial charge is 0.214 e. The Morgan fingerprint density at radius 3 is 2.48 bits per heavy atom. The highest BCUT2D eigenvalue weighted by atomic mass is 35.5. The first-order chi connectivity index (χ1) is 12.9. The third-order valence-corrected chi connectivity index (χ3v) is 5.26. The average molecular weight is 417 g/mol. The van der Waals surface area contributed by atoms with Crippen LogP contribution in [0.15, 0.2) is 12.3 Å². The molecule has 0 saturated heterocycles. The molecule has 0 saturated carbocycles. The molecule has 1 aromatic heterocycles. The van der Waals surface area contributed by atoms with Crippen molar-refractivity contribution in [3.8, 4) is 5.75 Å². The number of likely N-dealkylation sites (N-methyl/N-ethyl adjacent to an activating group) is 1. The van der Waals surface area contributed by atoms with E-state index >= 15 is 0 Å². The van der Waals surface area contributed by atoms with Crippen molar-refractivity contribution < 1.29 is 24.1 Å². The second-order valence-electron chi connectivity index (χ2n) is 5.88. The monoisotopic (exact) mass is 416 g/mol. The summed E-state index contributed by atoms with van der Waals surface area (Å²) in [6.07, 6.45) is 1.66. The summed E-state index contributed by atoms with van der Waals surface area (Å²) in [5, 5.41) is 11.2. The van der Waals surface area contributed by atoms with Gasteiger partial charge >= 0.3 is 0 Å². The first-order valence-electron chi connectivity index (χ1n) is 8.08. The number of aromatic nitrogens is 1. The predicted molar refractivity (Wildman–Crippen MR) is 103 cm³/mol. The van der Waals surface area contributed by atoms with Crippen molar-refractivity contribution in [3.63, 3.8) is 0 Å². The molecule has 1 atom stereocenters. The van der Waals surface area contributed by atoms with E-state index in [1.54, 1.807) is 13.3 Å². The molecular weight excluding hydrogens is 395 g/mol. The van der Waals surface area contributed by atoms with Crippen LogP contribution in [0.2, 0.25) is 10.0 Å². The number of nitrogens with zero attached hydrogens (tertiary/aromatic N) is 2. The molecule has 27 heavy (non-hydrogen) atoms. The van der Waals surface area contributed by atoms with Crippen LogP contribution < -0.4 is 4.74 Å². The predicted octanol–water partition coefficient (Wildman–Crippen LogP) is 2.83. The average Bonchev–Trinajstić information content (AvgIpc) is 3.01. The Morgan fingerprint density at radius 2 is 2.00 bits per heavy atom. The van der Waals surface area contributed by atoms with Crippen molar-refractivity contribution in [2.75, 3.05) is 35.0 Å². The molecule has 0 amide bonds. The van der Waals surface area contributed by atoms with Gasteiger partial charge in [0, 0.05) is 32.3 Å². The van der Waals surface area contributed by atoms with Crippen LogP contribution >= 0.6 is 23.2 Å². The molecule has 9 heteroatoms. The Kier molecular flexibility index (Phi) is 7.79. The zero-order valence-corrected chi connectivity index (χ0v) is 17.0. The largest absolute Gasteiger partial charge is 0.495 e. The summed E-state index contributed by atoms with van der Waals surface area (Å²) in [6, 6.07) is 1.84. The maximum Gasteiger partial charge on any atom is 0.214 e. The normalized spacial score (nSPS) is 16.2. The van der Waals surface area contributed by atoms with E-state index in [0.717, 1.165) is 23.1 Å². The molecule has 148 valence electrons. The van der Waals surface area contributed by atoms with E-state index in [2.05, 4.69) is 19.4 Å². The number of carbonyl (C=O) groups is 1. The van der Waals surface area contributed by atoms with Crippen molar-refractivity contribution in [1.82, 2.24) is 9.88 Å². The Hall–Kier alpha value is -1.48. The molecule has 1 unspecified atom stereocenters. The SMILES string of the molecule is COC(C=O)OC.COc1cc2c3c(cnc2c(Cl)c1Cl)C(CO)N(C)C3. The van der Waals surface area contributed by atoms with Crippen LogP contribution in [0.25, 0.3) is 10.9 Å². The third-order valence-electron chi connectivity index (χ3n) is 4.42. The molecule has 0 fully saturated rings. The molecule has 1 aromatic carbocycles. The van der Waals surface area contributed by atoms with Gasteiger partial charge in [0.15, 0.2) is 6.29 Å². The Balaban J connectivity index is 0.000000321. The molecule has 0 bridgehead atoms. The van der Waals surface area contributed by atoms with Crippen LogP contribution in [0.4, 0.5) is 0 Å². The minimum atomic E-state index is -0.694. The molecule has 0 spiro atoms. The summed E-state index contributed by atoms with van der Waals surface area (Å²) < 4.78 is 14.2. The Labute approximate surface area is 167 Å². The summed E-state index contributed by atoms with van der Waals surface area (Å²) in [5.74, 6) is 0.537. The number of pyridine rings is 1. The molecule has 7 nitrogen and oxygen atoms in total. The molecule has 0 aliphatic carbocycles. The number of aliphatic hydroxyl groups is 1. The van der Waals surface area contributed by atoms with Crippen molar-refractivity contribution in [2.45, 2.75) is 18.9 Å². The van der Waals surface area contributed by atoms with Gasteiger partial charge in [-0.25, -0.2) is 0 Å². The summed E-state index contributed by atoms with van der Waals surface area (Å²) in [6.45, 7) is 0.801. The van der Waals surface area contributed by atoms with Crippen LogP contribution in [0, 0.1) is 0 Å². The van der Waals surface area contributed by atoms with Gasteiger partial charge in [-0.1, -0.05) is 23.2 Å². The fourth-order valence-corrected chi connectivity index (χ4v) is 3.44. The maximum absolute atomic E-state index is 9.72. The lowest BCUT2D eigenvalue weighted by molar-refractivity contribution is -0.143. The summed E-state index contributed by atoms with van der Waals surface area (Å²) in [7, 11) is 6.34. The lowest BCUT2D eigenvalue weighted by atomic mass is 10.0. The molecule has 1 aliphatic rings. The number of aliphatic hydroxyl groups excluding tert-OH is 1. The number of carbonyl (C=O) groups excluding carboxylic acids is 1. The number of hydrogen-bond donors (Lipinski definition) is 1. The van der Waals surface area contributed by atoms with Gasteiger partial charge in [-0.05, 0) is 24.2 Å². The van der Waals surface area contributed by atoms with Gasteiger partial charge in [-0.3, -0.25) is 14.7 Å². The van der Waals surface area contributed by atoms with Gasteiger partial charge in [-0.15, -0.1) is 0 Å². The Morgan fingerprint density at radius 1 is 1.33 bits per heavy atom. The molecule has 0 radical (unpaired) electrons. The van der Waals surface area contributed by atoms with Crippen molar-refractivity contribution >= 4 is 40.4 Å². The summed E-state index contributed by atoms with van der Waals surface area (Å²) in [5.41, 5.74) is 2.82. The van der Waals surface area contributed by atoms with E-state index in [1.165, 1.54) is 14.2 Å². The van der Waals surface area contributed by atoms with Gasteiger partial charge in [0.25, 0.3) is 0 Å². The van der Waals surface area contributed by atoms with Gasteiger partial charge in [-0.2, -0.15) is 0 Å². The van der Waals surface area contributed by atoms with Gasteiger partial charge in [0.2, 0.25) is 6.29 Å². The van der Waals surface area contributed by atoms with E-state index in [1.807, 2.05) is 13.1 Å². The Bertz CT molecular complexity index is 814. The zero-order chi connectivity index (χ0) is 20.1. The van der Waals surface area contributed by atoms with Crippen molar-refractivity contribution in [3.05, 3.63) is 33.4 Å². The number of ether oxygens (including phenoxy) is 3. The topological polar surface area (TPSA) is 81.1 Å². The molecule has 1 N–H and O–H groups in total. The molecule has 1 aliphatic heterocycles. The zero-order valence-electron chi connectivity index (χ0n) is 15.5. The second kappa shape index (κ2) is 9.64. The molecular formula is C18H22Cl2N2O5. The number of benzene rings is 1. The number of aldehydes is 1. The highest BCUT2D eigenvalue weighted by molar-refractivity contribution is 6.46. The van der Waals surface area contributed by atoms with Gasteiger partial charge < -0.3 is 19.3 Å². The standard InChI is InChI=1S/C14H14Cl2N2O2.C4H8O3/c1-18-5-9-7-3-11(20-2)12(15)13(16)14(7)17-4-8(9)10(18)6-19;1-6-4(3-5)7-2/h3-4,10,19H,5-6H2,1-2H3;3-4H,1-2H3. The highest BCUT2D eigenvalue weighted by Gasteiger charge is 2.29. The van der Waals surface area contributed by atoms with Gasteiger partial charge in [0.05, 0.1) is 30.3 Å². The van der Waals surface area contributed by atoms with E-state index in [9.17, 15) is 9.90 Å². The van der Waals surface area contributed by atoms with Gasteiger partial charge in [0.1, 0.15) is 10.8 Å². The highest BCUT2D eigenvalue weighted by Crippen LogP contribution is 2.42. The fraction of sp³-hybridized carbons (Fsp3) is 0.444. The molecule has 2 heterocycles. The fourth-order valence-electron chi connectivity index (χ4n) is 2.97. The lowest BCUT2D eigenvalue weighted by Crippen LogP contribution is -2.19. The third kappa shape index (κ3) is 4.34. The quantitative estimate of drug-likeness (QED) is 0.592. The number of hydrogen-bond acceptors (Lipinski definition) is 7. The van der Waals surface area contributed by atoms with Crippen LogP contribution in [0.1, 0.15) is 17.2 Å². The van der Waals surface area contributed by atoms with Crippen molar-refractivity contribution in [2.24, 2.45) is 0 Å². The number of rotatable bonds is 5. The number of methoxy groups -OCH3 is 3. The van der Waals surface area contributed by atoms with Crippen LogP contribution in [0.5, 0.6) is 5.75 Å².